The van der Waals surface area contributed by atoms with Gasteiger partial charge in [-0.25, -0.2) is 4.99 Å². The Morgan fingerprint density at radius 1 is 0.647 bits per heavy atom. The number of benzene rings is 4. The molecule has 0 fully saturated rings. The number of aromatic nitrogens is 2. The molecule has 332 valence electrons. The number of aliphatic imine (C=N–C) groups is 1. The fourth-order valence-corrected chi connectivity index (χ4v) is 13.0. The van der Waals surface area contributed by atoms with Crippen molar-refractivity contribution < 1.29 is 0 Å². The number of hydrogen-bond acceptors (Lipinski definition) is 5. The first-order valence-electron chi connectivity index (χ1n) is 24.6. The Bertz CT molecular complexity index is 3350. The number of pyridine rings is 1. The minimum Gasteiger partial charge on any atom is -0.350 e. The summed E-state index contributed by atoms with van der Waals surface area (Å²) in [7, 11) is 0. The van der Waals surface area contributed by atoms with Crippen molar-refractivity contribution in [1.29, 1.82) is 0 Å². The lowest BCUT2D eigenvalue weighted by molar-refractivity contribution is 0.339. The lowest BCUT2D eigenvalue weighted by Crippen LogP contribution is -2.51. The number of para-hydroxylation sites is 1. The third-order valence-corrected chi connectivity index (χ3v) is 16.2. The number of thiophene rings is 1. The van der Waals surface area contributed by atoms with Gasteiger partial charge in [-0.1, -0.05) is 170 Å². The maximum Gasteiger partial charge on any atom is 0.133 e. The lowest BCUT2D eigenvalue weighted by Gasteiger charge is -2.35. The molecule has 5 nitrogen and oxygen atoms in total. The Morgan fingerprint density at radius 2 is 1.43 bits per heavy atom. The molecule has 0 radical (unpaired) electrons. The summed E-state index contributed by atoms with van der Waals surface area (Å²) in [5.74, 6) is 1.35. The molecule has 0 saturated heterocycles. The van der Waals surface area contributed by atoms with E-state index in [2.05, 4.69) is 210 Å². The third-order valence-electron chi connectivity index (χ3n) is 14.9. The van der Waals surface area contributed by atoms with Crippen LogP contribution >= 0.6 is 11.3 Å². The van der Waals surface area contributed by atoms with Gasteiger partial charge >= 0.3 is 0 Å². The van der Waals surface area contributed by atoms with Crippen molar-refractivity contribution in [2.24, 2.45) is 10.9 Å². The molecule has 5 unspecified atom stereocenters. The van der Waals surface area contributed by atoms with Crippen LogP contribution in [0.3, 0.4) is 0 Å². The molecular weight excluding hydrogens is 847 g/mol. The first-order chi connectivity index (χ1) is 33.7. The minimum absolute atomic E-state index is 0.140. The van der Waals surface area contributed by atoms with Crippen molar-refractivity contribution in [2.45, 2.75) is 69.2 Å². The molecule has 7 aromatic rings. The van der Waals surface area contributed by atoms with Crippen LogP contribution in [0.4, 0.5) is 0 Å². The molecule has 0 amide bonds. The maximum absolute atomic E-state index is 5.67. The van der Waals surface area contributed by atoms with Crippen LogP contribution in [0.1, 0.15) is 87.1 Å². The highest BCUT2D eigenvalue weighted by atomic mass is 32.1. The van der Waals surface area contributed by atoms with Crippen molar-refractivity contribution in [3.8, 4) is 33.5 Å². The molecular formula is C62H53N5S. The summed E-state index contributed by atoms with van der Waals surface area (Å²) in [6.07, 6.45) is 38.4. The normalized spacial score (nSPS) is 22.3. The third kappa shape index (κ3) is 7.26. The molecule has 13 rings (SSSR count). The van der Waals surface area contributed by atoms with E-state index in [-0.39, 0.29) is 30.2 Å². The van der Waals surface area contributed by atoms with E-state index in [0.29, 0.717) is 0 Å². The molecule has 0 bridgehead atoms. The Hall–Kier alpha value is -7.12. The summed E-state index contributed by atoms with van der Waals surface area (Å²) in [4.78, 5) is 14.2. The molecule has 4 heterocycles. The zero-order chi connectivity index (χ0) is 45.0. The van der Waals surface area contributed by atoms with E-state index in [9.17, 15) is 0 Å². The number of hydrogen-bond donors (Lipinski definition) is 2. The van der Waals surface area contributed by atoms with E-state index in [1.165, 1.54) is 76.4 Å². The zero-order valence-corrected chi connectivity index (χ0v) is 38.9. The van der Waals surface area contributed by atoms with E-state index in [0.717, 1.165) is 67.6 Å². The van der Waals surface area contributed by atoms with E-state index in [1.807, 2.05) is 11.3 Å². The van der Waals surface area contributed by atoms with Gasteiger partial charge in [0, 0.05) is 61.0 Å². The number of rotatable bonds is 8. The van der Waals surface area contributed by atoms with Crippen LogP contribution in [-0.4, -0.2) is 21.6 Å². The van der Waals surface area contributed by atoms with Crippen LogP contribution < -0.4 is 10.6 Å². The maximum atomic E-state index is 5.67. The average molecular weight is 900 g/mol. The second-order valence-corrected chi connectivity index (χ2v) is 20.0. The van der Waals surface area contributed by atoms with Crippen molar-refractivity contribution in [2.75, 3.05) is 0 Å². The summed E-state index contributed by atoms with van der Waals surface area (Å²) in [6.45, 7) is 0. The molecule has 6 heteroatoms. The molecule has 5 atom stereocenters. The second-order valence-electron chi connectivity index (χ2n) is 18.9. The first-order valence-corrected chi connectivity index (χ1v) is 25.4. The predicted molar refractivity (Wildman–Crippen MR) is 283 cm³/mol. The topological polar surface area (TPSA) is 54.2 Å². The van der Waals surface area contributed by atoms with E-state index >= 15 is 0 Å². The van der Waals surface area contributed by atoms with Crippen LogP contribution in [0, 0.1) is 5.92 Å². The van der Waals surface area contributed by atoms with Crippen molar-refractivity contribution >= 4 is 33.6 Å². The van der Waals surface area contributed by atoms with Gasteiger partial charge in [-0.05, 0) is 102 Å². The van der Waals surface area contributed by atoms with Crippen LogP contribution in [0.15, 0.2) is 199 Å². The molecule has 5 aliphatic carbocycles. The molecule has 0 saturated carbocycles. The van der Waals surface area contributed by atoms with Gasteiger partial charge in [0.2, 0.25) is 0 Å². The highest BCUT2D eigenvalue weighted by molar-refractivity contribution is 7.14. The Balaban J connectivity index is 1.01. The van der Waals surface area contributed by atoms with Crippen LogP contribution in [0.2, 0.25) is 0 Å². The summed E-state index contributed by atoms with van der Waals surface area (Å²) < 4.78 is 2.68. The largest absolute Gasteiger partial charge is 0.350 e. The quantitative estimate of drug-likeness (QED) is 0.160. The van der Waals surface area contributed by atoms with Gasteiger partial charge in [-0.3, -0.25) is 10.3 Å². The van der Waals surface area contributed by atoms with Crippen molar-refractivity contribution in [3.63, 3.8) is 0 Å². The molecule has 1 aliphatic heterocycles. The van der Waals surface area contributed by atoms with Crippen LogP contribution in [0.25, 0.3) is 50.0 Å². The van der Waals surface area contributed by atoms with Gasteiger partial charge in [0.15, 0.2) is 0 Å². The summed E-state index contributed by atoms with van der Waals surface area (Å²) in [5.41, 5.74) is 17.7. The Kier molecular flexibility index (Phi) is 10.6. The number of nitrogens with one attached hydrogen (secondary N) is 2. The number of nitrogens with zero attached hydrogens (tertiary/aromatic N) is 3. The first kappa shape index (κ1) is 41.1. The Morgan fingerprint density at radius 3 is 2.24 bits per heavy atom. The molecule has 3 aromatic heterocycles. The van der Waals surface area contributed by atoms with Gasteiger partial charge in [0.05, 0.1) is 17.4 Å². The summed E-state index contributed by atoms with van der Waals surface area (Å²) >= 11 is 2.01. The second kappa shape index (κ2) is 17.5. The standard InChI is InChI=1S/C62H53N5S/c1-6-19-40(20-7-1)44-33-34-47(41-21-8-2-9-22-41)52(37-44)45-38-53(62-65-60(42-23-10-3-11-24-42)64-61(66-62)43-25-12-4-13-26-43)57(63-39-45)51-31-18-30-50-56-55(68-59(50)51)36-35-49-48-29-16-17-32-54(48)67(58(49)56)46-27-14-5-15-28-46/h1-17,19-21,23-25,27,29,31-34,37-39,41,43,46,60-61,64H,18,22,26,28,30,35-36H2,(H,65,66). The van der Waals surface area contributed by atoms with E-state index < -0.39 is 0 Å². The van der Waals surface area contributed by atoms with Crippen molar-refractivity contribution in [3.05, 3.63) is 238 Å². The highest BCUT2D eigenvalue weighted by Gasteiger charge is 2.36. The zero-order valence-electron chi connectivity index (χ0n) is 38.1. The van der Waals surface area contributed by atoms with Gasteiger partial charge in [-0.2, -0.15) is 0 Å². The Labute approximate surface area is 403 Å². The predicted octanol–water partition coefficient (Wildman–Crippen LogP) is 14.3. The minimum atomic E-state index is -0.144. The number of aryl methyl sites for hydroxylation is 2. The van der Waals surface area contributed by atoms with E-state index in [4.69, 9.17) is 9.98 Å². The number of amidine groups is 1. The average Bonchev–Trinajstić information content (AvgIpc) is 3.98. The molecule has 68 heavy (non-hydrogen) atoms. The number of allylic oxidation sites excluding steroid dienone is 12. The van der Waals surface area contributed by atoms with Gasteiger partial charge in [-0.15, -0.1) is 11.3 Å². The lowest BCUT2D eigenvalue weighted by atomic mass is 9.84. The molecule has 6 aliphatic rings. The highest BCUT2D eigenvalue weighted by Crippen LogP contribution is 2.52. The van der Waals surface area contributed by atoms with Gasteiger partial charge in [0.25, 0.3) is 0 Å². The van der Waals surface area contributed by atoms with Crippen LogP contribution in [0.5, 0.6) is 0 Å². The van der Waals surface area contributed by atoms with Crippen LogP contribution in [-0.2, 0) is 19.3 Å². The van der Waals surface area contributed by atoms with Gasteiger partial charge < -0.3 is 9.88 Å². The van der Waals surface area contributed by atoms with Crippen molar-refractivity contribution in [1.82, 2.24) is 20.2 Å². The number of fused-ring (bicyclic) bond motifs is 7. The summed E-state index contributed by atoms with van der Waals surface area (Å²) in [6, 6.07) is 40.4. The fraction of sp³-hybridized carbons (Fsp3) is 0.194. The molecule has 0 spiro atoms. The summed E-state index contributed by atoms with van der Waals surface area (Å²) in [5, 5.41) is 9.29. The van der Waals surface area contributed by atoms with E-state index in [1.54, 1.807) is 0 Å². The monoisotopic (exact) mass is 899 g/mol. The molecule has 2 N–H and O–H groups in total. The smallest absolute Gasteiger partial charge is 0.133 e. The SMILES string of the molecule is C1=CCC(c2ccc(-c3ccccc3)cc2-c2cnc(C3=CCCc4c3sc3c4-c4c(c5ccccc5n4C4C=CC=CC4)CC3)c(C3=NC(C4C=CC=CC4)NC(c4ccccc4)N3)c2)C=C1. The fourth-order valence-electron chi connectivity index (χ4n) is 11.6. The van der Waals surface area contributed by atoms with Gasteiger partial charge in [0.1, 0.15) is 18.2 Å². The molecule has 4 aromatic carbocycles.